The Balaban J connectivity index is 1.48. The van der Waals surface area contributed by atoms with Crippen LogP contribution in [0.1, 0.15) is 0 Å². The normalized spacial score (nSPS) is 12.1. The van der Waals surface area contributed by atoms with E-state index in [0.717, 1.165) is 22.2 Å². The number of rotatable bonds is 2. The zero-order valence-corrected chi connectivity index (χ0v) is 22.3. The van der Waals surface area contributed by atoms with Gasteiger partial charge in [-0.3, -0.25) is 4.57 Å². The molecule has 4 heterocycles. The third-order valence-electron chi connectivity index (χ3n) is 7.63. The quantitative estimate of drug-likeness (QED) is 0.221. The first kappa shape index (κ1) is 21.4. The monoisotopic (exact) mass is 533 g/mol. The summed E-state index contributed by atoms with van der Waals surface area (Å²) in [6, 6.07) is 40.8. The molecule has 0 saturated heterocycles. The highest BCUT2D eigenvalue weighted by molar-refractivity contribution is 7.33. The SMILES string of the molecule is c1ccc2c(-c3nc(-n4c5c6ccccc6sc5c5sc6ccccc6c54)nc4ccccc34)cccc2c1. The van der Waals surface area contributed by atoms with Crippen LogP contribution < -0.4 is 0 Å². The van der Waals surface area contributed by atoms with Crippen LogP contribution in [0.25, 0.3) is 79.5 Å². The van der Waals surface area contributed by atoms with Gasteiger partial charge in [-0.1, -0.05) is 97.1 Å². The summed E-state index contributed by atoms with van der Waals surface area (Å²) in [5, 5.41) is 5.95. The molecule has 0 saturated carbocycles. The molecule has 182 valence electrons. The van der Waals surface area contributed by atoms with Crippen molar-refractivity contribution in [1.29, 1.82) is 0 Å². The number of fused-ring (bicyclic) bond motifs is 9. The number of hydrogen-bond acceptors (Lipinski definition) is 4. The van der Waals surface area contributed by atoms with Crippen molar-refractivity contribution >= 4 is 85.0 Å². The molecule has 5 aromatic carbocycles. The maximum atomic E-state index is 5.40. The van der Waals surface area contributed by atoms with Crippen LogP contribution in [0.4, 0.5) is 0 Å². The number of benzene rings is 5. The fourth-order valence-electron chi connectivity index (χ4n) is 5.93. The van der Waals surface area contributed by atoms with Crippen molar-refractivity contribution < 1.29 is 0 Å². The molecule has 0 unspecified atom stereocenters. The van der Waals surface area contributed by atoms with Crippen molar-refractivity contribution in [2.24, 2.45) is 0 Å². The van der Waals surface area contributed by atoms with Crippen molar-refractivity contribution in [1.82, 2.24) is 14.5 Å². The van der Waals surface area contributed by atoms with Crippen molar-refractivity contribution in [2.75, 3.05) is 0 Å². The Morgan fingerprint density at radius 1 is 0.487 bits per heavy atom. The lowest BCUT2D eigenvalue weighted by Crippen LogP contribution is -2.03. The second kappa shape index (κ2) is 7.96. The van der Waals surface area contributed by atoms with Crippen LogP contribution in [0.3, 0.4) is 0 Å². The highest BCUT2D eigenvalue weighted by Crippen LogP contribution is 2.48. The maximum absolute atomic E-state index is 5.40. The molecule has 4 aromatic heterocycles. The standard InChI is InChI=1S/C34H19N3S2/c1-2-12-21-20(10-1)11-9-16-22(21)29-23-13-3-6-17-26(23)35-34(36-29)37-30-24-14-4-7-18-27(24)38-32(30)33-31(37)25-15-5-8-19-28(25)39-33/h1-19H. The summed E-state index contributed by atoms with van der Waals surface area (Å²) in [5.74, 6) is 0.712. The van der Waals surface area contributed by atoms with Gasteiger partial charge in [0.05, 0.1) is 31.6 Å². The molecule has 0 spiro atoms. The van der Waals surface area contributed by atoms with Crippen LogP contribution in [0.2, 0.25) is 0 Å². The molecule has 0 aliphatic carbocycles. The van der Waals surface area contributed by atoms with Gasteiger partial charge < -0.3 is 0 Å². The molecule has 0 atom stereocenters. The number of aromatic nitrogens is 3. The van der Waals surface area contributed by atoms with Gasteiger partial charge >= 0.3 is 0 Å². The minimum atomic E-state index is 0.712. The topological polar surface area (TPSA) is 30.7 Å². The summed E-state index contributed by atoms with van der Waals surface area (Å²) >= 11 is 3.72. The van der Waals surface area contributed by atoms with Gasteiger partial charge in [0.1, 0.15) is 0 Å². The second-order valence-electron chi connectivity index (χ2n) is 9.80. The van der Waals surface area contributed by atoms with Crippen LogP contribution in [0.15, 0.2) is 115 Å². The van der Waals surface area contributed by atoms with Crippen LogP contribution in [0.5, 0.6) is 0 Å². The third kappa shape index (κ3) is 2.97. The molecule has 9 rings (SSSR count). The van der Waals surface area contributed by atoms with Crippen LogP contribution >= 0.6 is 22.7 Å². The van der Waals surface area contributed by atoms with E-state index in [1.807, 2.05) is 22.7 Å². The van der Waals surface area contributed by atoms with Crippen molar-refractivity contribution in [3.63, 3.8) is 0 Å². The molecule has 0 bridgehead atoms. The van der Waals surface area contributed by atoms with Crippen LogP contribution in [0, 0.1) is 0 Å². The molecule has 39 heavy (non-hydrogen) atoms. The van der Waals surface area contributed by atoms with Crippen molar-refractivity contribution in [2.45, 2.75) is 0 Å². The molecule has 0 radical (unpaired) electrons. The van der Waals surface area contributed by atoms with Gasteiger partial charge in [-0.25, -0.2) is 9.97 Å². The molecular formula is C34H19N3S2. The fourth-order valence-corrected chi connectivity index (χ4v) is 8.44. The number of thiophene rings is 2. The van der Waals surface area contributed by atoms with E-state index in [1.165, 1.54) is 51.4 Å². The van der Waals surface area contributed by atoms with Gasteiger partial charge in [0.25, 0.3) is 0 Å². The molecule has 0 fully saturated rings. The lowest BCUT2D eigenvalue weighted by Gasteiger charge is -2.13. The molecule has 0 amide bonds. The van der Waals surface area contributed by atoms with Gasteiger partial charge in [-0.05, 0) is 29.0 Å². The Kier molecular flexibility index (Phi) is 4.36. The first-order chi connectivity index (χ1) is 19.3. The molecule has 0 aliphatic heterocycles. The van der Waals surface area contributed by atoms with Gasteiger partial charge in [0.2, 0.25) is 5.95 Å². The molecular weight excluding hydrogens is 515 g/mol. The number of para-hydroxylation sites is 1. The van der Waals surface area contributed by atoms with Gasteiger partial charge in [0.15, 0.2) is 0 Å². The minimum absolute atomic E-state index is 0.712. The van der Waals surface area contributed by atoms with E-state index >= 15 is 0 Å². The molecule has 9 aromatic rings. The van der Waals surface area contributed by atoms with Gasteiger partial charge in [-0.15, -0.1) is 22.7 Å². The van der Waals surface area contributed by atoms with Crippen molar-refractivity contribution in [3.8, 4) is 17.2 Å². The van der Waals surface area contributed by atoms with Crippen molar-refractivity contribution in [3.05, 3.63) is 115 Å². The first-order valence-corrected chi connectivity index (χ1v) is 14.6. The molecule has 5 heteroatoms. The molecule has 0 aliphatic rings. The predicted octanol–water partition coefficient (Wildman–Crippen LogP) is 9.98. The highest BCUT2D eigenvalue weighted by Gasteiger charge is 2.24. The molecule has 0 N–H and O–H groups in total. The van der Waals surface area contributed by atoms with Gasteiger partial charge in [-0.2, -0.15) is 0 Å². The number of nitrogens with zero attached hydrogens (tertiary/aromatic N) is 3. The van der Waals surface area contributed by atoms with E-state index in [2.05, 4.69) is 120 Å². The summed E-state index contributed by atoms with van der Waals surface area (Å²) in [5.41, 5.74) is 5.42. The van der Waals surface area contributed by atoms with Gasteiger partial charge in [0, 0.05) is 31.1 Å². The lowest BCUT2D eigenvalue weighted by molar-refractivity contribution is 1.02. The predicted molar refractivity (Wildman–Crippen MR) is 168 cm³/mol. The van der Waals surface area contributed by atoms with E-state index in [-0.39, 0.29) is 0 Å². The zero-order valence-electron chi connectivity index (χ0n) is 20.6. The average Bonchev–Trinajstić information content (AvgIpc) is 3.64. The fraction of sp³-hybridized carbons (Fsp3) is 0. The third-order valence-corrected chi connectivity index (χ3v) is 10.1. The maximum Gasteiger partial charge on any atom is 0.235 e. The summed E-state index contributed by atoms with van der Waals surface area (Å²) in [4.78, 5) is 10.6. The summed E-state index contributed by atoms with van der Waals surface area (Å²) in [6.45, 7) is 0. The Morgan fingerprint density at radius 2 is 1.05 bits per heavy atom. The largest absolute Gasteiger partial charge is 0.275 e. The number of hydrogen-bond donors (Lipinski definition) is 0. The van der Waals surface area contributed by atoms with Crippen LogP contribution in [-0.4, -0.2) is 14.5 Å². The van der Waals surface area contributed by atoms with E-state index in [9.17, 15) is 0 Å². The second-order valence-corrected chi connectivity index (χ2v) is 11.9. The first-order valence-electron chi connectivity index (χ1n) is 12.9. The summed E-state index contributed by atoms with van der Waals surface area (Å²) < 4.78 is 7.49. The molecule has 3 nitrogen and oxygen atoms in total. The lowest BCUT2D eigenvalue weighted by atomic mass is 9.99. The summed E-state index contributed by atoms with van der Waals surface area (Å²) in [7, 11) is 0. The van der Waals surface area contributed by atoms with E-state index < -0.39 is 0 Å². The van der Waals surface area contributed by atoms with E-state index in [0.29, 0.717) is 5.95 Å². The summed E-state index contributed by atoms with van der Waals surface area (Å²) in [6.07, 6.45) is 0. The Morgan fingerprint density at radius 3 is 1.77 bits per heavy atom. The Labute approximate surface area is 231 Å². The highest BCUT2D eigenvalue weighted by atomic mass is 32.1. The zero-order chi connectivity index (χ0) is 25.5. The van der Waals surface area contributed by atoms with E-state index in [1.54, 1.807) is 0 Å². The van der Waals surface area contributed by atoms with E-state index in [4.69, 9.17) is 9.97 Å². The average molecular weight is 534 g/mol. The minimum Gasteiger partial charge on any atom is -0.275 e. The Bertz CT molecular complexity index is 2310. The Hall–Kier alpha value is -4.58. The smallest absolute Gasteiger partial charge is 0.235 e. The van der Waals surface area contributed by atoms with Crippen LogP contribution in [-0.2, 0) is 0 Å².